The van der Waals surface area contributed by atoms with E-state index >= 15 is 0 Å². The Morgan fingerprint density at radius 2 is 2.03 bits per heavy atom. The van der Waals surface area contributed by atoms with E-state index in [1.807, 2.05) is 12.1 Å². The van der Waals surface area contributed by atoms with Crippen LogP contribution in [0.1, 0.15) is 30.3 Å². The van der Waals surface area contributed by atoms with Crippen LogP contribution in [-0.2, 0) is 6.18 Å². The normalized spacial score (nSPS) is 16.5. The number of nitrogens with one attached hydrogen (secondary N) is 3. The molecule has 2 aromatic rings. The highest BCUT2D eigenvalue weighted by Crippen LogP contribution is 2.27. The van der Waals surface area contributed by atoms with E-state index in [0.717, 1.165) is 31.1 Å². The molecule has 1 aliphatic heterocycles. The largest absolute Gasteiger partial charge is 0.468 e. The van der Waals surface area contributed by atoms with Crippen molar-refractivity contribution >= 4 is 11.9 Å². The number of nitrogens with zero attached hydrogens (tertiary/aromatic N) is 4. The minimum absolute atomic E-state index is 0.0681. The first-order valence-electron chi connectivity index (χ1n) is 9.83. The molecule has 1 unspecified atom stereocenters. The molecule has 0 spiro atoms. The van der Waals surface area contributed by atoms with Gasteiger partial charge in [-0.1, -0.05) is 0 Å². The maximum absolute atomic E-state index is 12.7. The van der Waals surface area contributed by atoms with E-state index in [1.165, 1.54) is 12.8 Å². The van der Waals surface area contributed by atoms with E-state index in [-0.39, 0.29) is 12.0 Å². The zero-order valence-corrected chi connectivity index (χ0v) is 16.7. The molecule has 0 saturated carbocycles. The van der Waals surface area contributed by atoms with Crippen molar-refractivity contribution in [2.24, 2.45) is 4.99 Å². The molecule has 1 aliphatic rings. The van der Waals surface area contributed by atoms with Gasteiger partial charge in [-0.25, -0.2) is 9.97 Å². The van der Waals surface area contributed by atoms with Gasteiger partial charge < -0.3 is 20.4 Å². The van der Waals surface area contributed by atoms with Gasteiger partial charge in [-0.15, -0.1) is 0 Å². The van der Waals surface area contributed by atoms with Crippen LogP contribution in [0, 0.1) is 0 Å². The Balaban J connectivity index is 1.45. The van der Waals surface area contributed by atoms with Crippen LogP contribution >= 0.6 is 0 Å². The molecule has 8 nitrogen and oxygen atoms in total. The van der Waals surface area contributed by atoms with Gasteiger partial charge in [0.15, 0.2) is 5.96 Å². The van der Waals surface area contributed by atoms with Crippen molar-refractivity contribution in [2.45, 2.75) is 25.1 Å². The first-order chi connectivity index (χ1) is 14.5. The van der Waals surface area contributed by atoms with Gasteiger partial charge in [0.1, 0.15) is 11.5 Å². The number of guanidine groups is 1. The van der Waals surface area contributed by atoms with E-state index in [2.05, 4.69) is 35.8 Å². The smallest absolute Gasteiger partial charge is 0.433 e. The quantitative estimate of drug-likeness (QED) is 0.340. The highest BCUT2D eigenvalue weighted by molar-refractivity contribution is 5.79. The molecule has 1 fully saturated rings. The molecule has 0 radical (unpaired) electrons. The summed E-state index contributed by atoms with van der Waals surface area (Å²) in [5, 5.41) is 9.19. The third-order valence-corrected chi connectivity index (χ3v) is 4.79. The molecular weight excluding hydrogens is 399 g/mol. The second-order valence-electron chi connectivity index (χ2n) is 6.84. The Morgan fingerprint density at radius 3 is 2.70 bits per heavy atom. The van der Waals surface area contributed by atoms with Crippen molar-refractivity contribution < 1.29 is 17.6 Å². The minimum atomic E-state index is -4.50. The predicted molar refractivity (Wildman–Crippen MR) is 107 cm³/mol. The fraction of sp³-hybridized carbons (Fsp3) is 0.526. The molecule has 11 heteroatoms. The van der Waals surface area contributed by atoms with Crippen LogP contribution in [0.15, 0.2) is 40.1 Å². The van der Waals surface area contributed by atoms with E-state index in [9.17, 15) is 13.2 Å². The number of furan rings is 1. The molecule has 3 N–H and O–H groups in total. The number of anilines is 1. The monoisotopic (exact) mass is 425 g/mol. The van der Waals surface area contributed by atoms with Crippen molar-refractivity contribution in [3.05, 3.63) is 42.1 Å². The zero-order chi connectivity index (χ0) is 21.4. The Labute approximate surface area is 173 Å². The summed E-state index contributed by atoms with van der Waals surface area (Å²) in [6.07, 6.45) is 0.608. The Morgan fingerprint density at radius 1 is 1.23 bits per heavy atom. The summed E-state index contributed by atoms with van der Waals surface area (Å²) >= 11 is 0. The highest BCUT2D eigenvalue weighted by atomic mass is 19.4. The Kier molecular flexibility index (Phi) is 7.50. The second-order valence-corrected chi connectivity index (χ2v) is 6.84. The summed E-state index contributed by atoms with van der Waals surface area (Å²) in [5.41, 5.74) is -0.976. The van der Waals surface area contributed by atoms with Crippen molar-refractivity contribution in [1.29, 1.82) is 0 Å². The van der Waals surface area contributed by atoms with E-state index in [4.69, 9.17) is 4.42 Å². The third kappa shape index (κ3) is 6.09. The summed E-state index contributed by atoms with van der Waals surface area (Å²) < 4.78 is 43.7. The number of alkyl halides is 3. The summed E-state index contributed by atoms with van der Waals surface area (Å²) in [6.45, 7) is 3.43. The Bertz CT molecular complexity index is 805. The first kappa shape index (κ1) is 21.9. The molecule has 2 aromatic heterocycles. The molecule has 0 aromatic carbocycles. The van der Waals surface area contributed by atoms with Gasteiger partial charge in [0.05, 0.1) is 12.3 Å². The topological polar surface area (TPSA) is 90.6 Å². The number of aliphatic imine (C=N–C) groups is 1. The second kappa shape index (κ2) is 10.3. The molecular formula is C19H26F3N7O. The maximum Gasteiger partial charge on any atom is 0.433 e. The van der Waals surface area contributed by atoms with Gasteiger partial charge in [-0.05, 0) is 44.1 Å². The molecule has 164 valence electrons. The molecule has 1 atom stereocenters. The summed E-state index contributed by atoms with van der Waals surface area (Å²) in [5.74, 6) is 1.43. The van der Waals surface area contributed by atoms with Crippen molar-refractivity contribution in [3.8, 4) is 0 Å². The van der Waals surface area contributed by atoms with Crippen molar-refractivity contribution in [3.63, 3.8) is 0 Å². The number of aromatic nitrogens is 2. The lowest BCUT2D eigenvalue weighted by atomic mass is 10.2. The highest BCUT2D eigenvalue weighted by Gasteiger charge is 2.32. The van der Waals surface area contributed by atoms with Crippen LogP contribution in [0.3, 0.4) is 0 Å². The third-order valence-electron chi connectivity index (χ3n) is 4.79. The standard InChI is InChI=1S/C19H26F3N7O/c1-23-17(25-8-9-26-18-24-7-6-16(28-18)19(20,21)22)27-13-14(15-5-4-12-30-15)29-10-2-3-11-29/h4-7,12,14H,2-3,8-11,13H2,1H3,(H2,23,25,27)(H,24,26,28). The lowest BCUT2D eigenvalue weighted by Gasteiger charge is -2.26. The molecule has 3 rings (SSSR count). The van der Waals surface area contributed by atoms with Crippen LogP contribution in [0.4, 0.5) is 19.1 Å². The van der Waals surface area contributed by atoms with Crippen LogP contribution in [0.2, 0.25) is 0 Å². The molecule has 0 bridgehead atoms. The van der Waals surface area contributed by atoms with Gasteiger partial charge in [0.2, 0.25) is 5.95 Å². The van der Waals surface area contributed by atoms with E-state index in [0.29, 0.717) is 25.6 Å². The maximum atomic E-state index is 12.7. The summed E-state index contributed by atoms with van der Waals surface area (Å²) in [4.78, 5) is 13.9. The number of hydrogen-bond donors (Lipinski definition) is 3. The lowest BCUT2D eigenvalue weighted by molar-refractivity contribution is -0.141. The fourth-order valence-corrected chi connectivity index (χ4v) is 3.31. The SMILES string of the molecule is CN=C(NCCNc1nccc(C(F)(F)F)n1)NCC(c1ccco1)N1CCCC1. The molecule has 0 amide bonds. The van der Waals surface area contributed by atoms with E-state index in [1.54, 1.807) is 13.3 Å². The summed E-state index contributed by atoms with van der Waals surface area (Å²) in [7, 11) is 1.66. The van der Waals surface area contributed by atoms with Gasteiger partial charge in [0, 0.05) is 32.9 Å². The van der Waals surface area contributed by atoms with Crippen molar-refractivity contribution in [2.75, 3.05) is 45.1 Å². The first-order valence-corrected chi connectivity index (χ1v) is 9.83. The lowest BCUT2D eigenvalue weighted by Crippen LogP contribution is -2.43. The number of halogens is 3. The molecule has 30 heavy (non-hydrogen) atoms. The van der Waals surface area contributed by atoms with Crippen LogP contribution in [0.5, 0.6) is 0 Å². The van der Waals surface area contributed by atoms with Crippen LogP contribution < -0.4 is 16.0 Å². The molecule has 1 saturated heterocycles. The summed E-state index contributed by atoms with van der Waals surface area (Å²) in [6, 6.07) is 4.80. The Hall–Kier alpha value is -2.82. The fourth-order valence-electron chi connectivity index (χ4n) is 3.31. The zero-order valence-electron chi connectivity index (χ0n) is 16.7. The van der Waals surface area contributed by atoms with Gasteiger partial charge in [-0.2, -0.15) is 13.2 Å². The van der Waals surface area contributed by atoms with Crippen LogP contribution in [0.25, 0.3) is 0 Å². The average Bonchev–Trinajstić information content (AvgIpc) is 3.44. The van der Waals surface area contributed by atoms with Gasteiger partial charge in [-0.3, -0.25) is 9.89 Å². The number of rotatable bonds is 8. The van der Waals surface area contributed by atoms with Gasteiger partial charge >= 0.3 is 6.18 Å². The molecule has 0 aliphatic carbocycles. The van der Waals surface area contributed by atoms with Crippen LogP contribution in [-0.4, -0.2) is 60.6 Å². The number of hydrogen-bond acceptors (Lipinski definition) is 6. The molecule has 3 heterocycles. The van der Waals surface area contributed by atoms with Gasteiger partial charge in [0.25, 0.3) is 0 Å². The van der Waals surface area contributed by atoms with E-state index < -0.39 is 11.9 Å². The minimum Gasteiger partial charge on any atom is -0.468 e. The van der Waals surface area contributed by atoms with Crippen molar-refractivity contribution in [1.82, 2.24) is 25.5 Å². The number of likely N-dealkylation sites (tertiary alicyclic amines) is 1. The predicted octanol–water partition coefficient (Wildman–Crippen LogP) is 2.50. The average molecular weight is 425 g/mol.